The van der Waals surface area contributed by atoms with Crippen molar-refractivity contribution in [3.63, 3.8) is 0 Å². The summed E-state index contributed by atoms with van der Waals surface area (Å²) in [6.45, 7) is 1.18. The average molecular weight is 578 g/mol. The zero-order chi connectivity index (χ0) is 27.7. The van der Waals surface area contributed by atoms with E-state index in [0.717, 1.165) is 4.68 Å². The van der Waals surface area contributed by atoms with Crippen molar-refractivity contribution in [1.29, 1.82) is 0 Å². The Labute approximate surface area is 219 Å². The van der Waals surface area contributed by atoms with E-state index in [0.29, 0.717) is 12.1 Å². The number of halogens is 5. The van der Waals surface area contributed by atoms with E-state index in [4.69, 9.17) is 44.2 Å². The van der Waals surface area contributed by atoms with Gasteiger partial charge in [-0.15, -0.1) is 0 Å². The maximum atomic E-state index is 13.1. The standard InChI is InChI=1S/C21H16Cl2F3N5O5S/c1-9(32)35-12-5-3-4-10(6-12)20(33)36-30-18(27)15-17(37(2)34)19(28)31(29-15)16-13(22)7-11(8-14(16)23)21(24,25)26/h3-8H,28H2,1-2H3,(H2,27,30). The second-order valence-electron chi connectivity index (χ2n) is 7.19. The Balaban J connectivity index is 2.00. The molecular weight excluding hydrogens is 562 g/mol. The van der Waals surface area contributed by atoms with Crippen molar-refractivity contribution in [2.75, 3.05) is 12.0 Å². The van der Waals surface area contributed by atoms with E-state index in [1.165, 1.54) is 37.4 Å². The smallest absolute Gasteiger partial charge is 0.416 e. The van der Waals surface area contributed by atoms with Gasteiger partial charge in [-0.1, -0.05) is 34.4 Å². The van der Waals surface area contributed by atoms with Gasteiger partial charge in [0, 0.05) is 13.2 Å². The molecule has 196 valence electrons. The molecule has 37 heavy (non-hydrogen) atoms. The van der Waals surface area contributed by atoms with Gasteiger partial charge in [-0.3, -0.25) is 9.00 Å². The molecule has 0 saturated carbocycles. The molecule has 0 aliphatic rings. The Morgan fingerprint density at radius 3 is 2.32 bits per heavy atom. The van der Waals surface area contributed by atoms with Crippen molar-refractivity contribution in [1.82, 2.24) is 9.78 Å². The lowest BCUT2D eigenvalue weighted by molar-refractivity contribution is -0.137. The van der Waals surface area contributed by atoms with Crippen LogP contribution in [0.5, 0.6) is 5.75 Å². The molecule has 0 radical (unpaired) electrons. The second-order valence-corrected chi connectivity index (χ2v) is 9.32. The molecule has 1 aromatic heterocycles. The zero-order valence-corrected chi connectivity index (χ0v) is 21.1. The minimum atomic E-state index is -4.72. The third-order valence-electron chi connectivity index (χ3n) is 4.52. The summed E-state index contributed by atoms with van der Waals surface area (Å²) < 4.78 is 57.4. The number of esters is 1. The first-order chi connectivity index (χ1) is 17.2. The van der Waals surface area contributed by atoms with Gasteiger partial charge >= 0.3 is 18.1 Å². The van der Waals surface area contributed by atoms with Crippen LogP contribution in [0.1, 0.15) is 28.5 Å². The molecule has 0 spiro atoms. The van der Waals surface area contributed by atoms with Crippen LogP contribution in [0, 0.1) is 0 Å². The molecule has 0 aliphatic heterocycles. The molecule has 0 saturated heterocycles. The summed E-state index contributed by atoms with van der Waals surface area (Å²) in [6.07, 6.45) is -3.49. The minimum Gasteiger partial charge on any atom is -0.427 e. The summed E-state index contributed by atoms with van der Waals surface area (Å²) in [7, 11) is -1.84. The fraction of sp³-hybridized carbons (Fsp3) is 0.143. The summed E-state index contributed by atoms with van der Waals surface area (Å²) in [5.41, 5.74) is 10.3. The zero-order valence-electron chi connectivity index (χ0n) is 18.8. The molecule has 4 N–H and O–H groups in total. The number of anilines is 1. The molecule has 3 aromatic rings. The van der Waals surface area contributed by atoms with Gasteiger partial charge in [-0.25, -0.2) is 9.48 Å². The van der Waals surface area contributed by atoms with E-state index in [1.807, 2.05) is 0 Å². The lowest BCUT2D eigenvalue weighted by Crippen LogP contribution is -2.18. The van der Waals surface area contributed by atoms with E-state index in [9.17, 15) is 27.0 Å². The van der Waals surface area contributed by atoms with Crippen LogP contribution in [0.3, 0.4) is 0 Å². The highest BCUT2D eigenvalue weighted by molar-refractivity contribution is 7.84. The summed E-state index contributed by atoms with van der Waals surface area (Å²) in [6, 6.07) is 6.69. The molecular formula is C21H16Cl2F3N5O5S. The Morgan fingerprint density at radius 1 is 1.16 bits per heavy atom. The lowest BCUT2D eigenvalue weighted by atomic mass is 10.2. The van der Waals surface area contributed by atoms with Crippen LogP contribution >= 0.6 is 23.2 Å². The number of amidine groups is 1. The molecule has 10 nitrogen and oxygen atoms in total. The maximum Gasteiger partial charge on any atom is 0.416 e. The molecule has 2 aromatic carbocycles. The monoisotopic (exact) mass is 577 g/mol. The normalized spacial score (nSPS) is 12.8. The number of hydrogen-bond donors (Lipinski definition) is 2. The van der Waals surface area contributed by atoms with Gasteiger partial charge < -0.3 is 21.0 Å². The van der Waals surface area contributed by atoms with Crippen molar-refractivity contribution in [3.05, 3.63) is 63.3 Å². The number of nitrogens with two attached hydrogens (primary N) is 2. The minimum absolute atomic E-state index is 0.0389. The van der Waals surface area contributed by atoms with Crippen LogP contribution < -0.4 is 16.2 Å². The largest absolute Gasteiger partial charge is 0.427 e. The van der Waals surface area contributed by atoms with Gasteiger partial charge in [0.15, 0.2) is 5.84 Å². The van der Waals surface area contributed by atoms with Crippen molar-refractivity contribution in [2.45, 2.75) is 18.0 Å². The Hall–Kier alpha value is -3.62. The van der Waals surface area contributed by atoms with Crippen LogP contribution in [0.15, 0.2) is 46.4 Å². The van der Waals surface area contributed by atoms with Gasteiger partial charge in [-0.2, -0.15) is 18.3 Å². The van der Waals surface area contributed by atoms with Crippen LogP contribution in [-0.4, -0.2) is 38.0 Å². The van der Waals surface area contributed by atoms with Gasteiger partial charge in [0.2, 0.25) is 0 Å². The number of carbonyl (C=O) groups is 2. The van der Waals surface area contributed by atoms with Crippen molar-refractivity contribution < 1.29 is 36.5 Å². The number of carbonyl (C=O) groups excluding carboxylic acids is 2. The molecule has 1 atom stereocenters. The fourth-order valence-corrected chi connectivity index (χ4v) is 4.45. The number of ether oxygens (including phenoxy) is 1. The molecule has 1 heterocycles. The van der Waals surface area contributed by atoms with Crippen molar-refractivity contribution >= 4 is 57.6 Å². The summed E-state index contributed by atoms with van der Waals surface area (Å²) >= 11 is 12.1. The van der Waals surface area contributed by atoms with Crippen LogP contribution in [0.4, 0.5) is 19.0 Å². The molecule has 0 amide bonds. The third kappa shape index (κ3) is 6.21. The van der Waals surface area contributed by atoms with Gasteiger partial charge in [0.1, 0.15) is 27.8 Å². The third-order valence-corrected chi connectivity index (χ3v) is 6.07. The number of nitrogen functional groups attached to an aromatic ring is 1. The Morgan fingerprint density at radius 2 is 1.78 bits per heavy atom. The summed E-state index contributed by atoms with van der Waals surface area (Å²) in [5, 5.41) is 6.65. The average Bonchev–Trinajstić information content (AvgIpc) is 3.13. The SMILES string of the molecule is CC(=O)Oc1cccc(C(=O)ON=C(N)c2nn(-c3c(Cl)cc(C(F)(F)F)cc3Cl)c(N)c2S(C)=O)c1. The Bertz CT molecular complexity index is 1440. The van der Waals surface area contributed by atoms with E-state index in [-0.39, 0.29) is 33.4 Å². The molecule has 1 unspecified atom stereocenters. The molecule has 3 rings (SSSR count). The first-order valence-electron chi connectivity index (χ1n) is 9.82. The number of hydrogen-bond acceptors (Lipinski definition) is 8. The molecule has 0 fully saturated rings. The van der Waals surface area contributed by atoms with E-state index >= 15 is 0 Å². The topological polar surface area (TPSA) is 152 Å². The summed E-state index contributed by atoms with van der Waals surface area (Å²) in [4.78, 5) is 28.1. The predicted octanol–water partition coefficient (Wildman–Crippen LogP) is 3.92. The lowest BCUT2D eigenvalue weighted by Gasteiger charge is -2.13. The highest BCUT2D eigenvalue weighted by Gasteiger charge is 2.33. The van der Waals surface area contributed by atoms with Crippen molar-refractivity contribution in [2.24, 2.45) is 10.9 Å². The van der Waals surface area contributed by atoms with Crippen molar-refractivity contribution in [3.8, 4) is 11.4 Å². The number of oxime groups is 1. The quantitative estimate of drug-likeness (QED) is 0.112. The van der Waals surface area contributed by atoms with Crippen LogP contribution in [0.2, 0.25) is 10.0 Å². The summed E-state index contributed by atoms with van der Waals surface area (Å²) in [5.74, 6) is -2.36. The number of nitrogens with zero attached hydrogens (tertiary/aromatic N) is 3. The fourth-order valence-electron chi connectivity index (χ4n) is 3.01. The molecule has 0 bridgehead atoms. The van der Waals surface area contributed by atoms with E-state index < -0.39 is 50.4 Å². The number of rotatable bonds is 6. The molecule has 16 heteroatoms. The van der Waals surface area contributed by atoms with Gasteiger partial charge in [0.05, 0.1) is 32.0 Å². The van der Waals surface area contributed by atoms with E-state index in [2.05, 4.69) is 10.3 Å². The first-order valence-corrected chi connectivity index (χ1v) is 12.1. The number of alkyl halides is 3. The second kappa shape index (κ2) is 10.8. The van der Waals surface area contributed by atoms with Crippen LogP contribution in [-0.2, 0) is 26.6 Å². The highest BCUT2D eigenvalue weighted by atomic mass is 35.5. The highest BCUT2D eigenvalue weighted by Crippen LogP contribution is 2.39. The molecule has 0 aliphatic carbocycles. The Kier molecular flexibility index (Phi) is 8.15. The maximum absolute atomic E-state index is 13.1. The first kappa shape index (κ1) is 28.0. The van der Waals surface area contributed by atoms with E-state index in [1.54, 1.807) is 0 Å². The predicted molar refractivity (Wildman–Crippen MR) is 129 cm³/mol. The van der Waals surface area contributed by atoms with Gasteiger partial charge in [-0.05, 0) is 30.3 Å². The number of aromatic nitrogens is 2. The number of benzene rings is 2. The van der Waals surface area contributed by atoms with Crippen LogP contribution in [0.25, 0.3) is 5.69 Å². The van der Waals surface area contributed by atoms with Gasteiger partial charge in [0.25, 0.3) is 0 Å².